The zero-order valence-electron chi connectivity index (χ0n) is 11.2. The van der Waals surface area contributed by atoms with Crippen LogP contribution in [0.2, 0.25) is 5.02 Å². The van der Waals surface area contributed by atoms with Crippen molar-refractivity contribution in [1.29, 1.82) is 0 Å². The Morgan fingerprint density at radius 3 is 2.52 bits per heavy atom. The van der Waals surface area contributed by atoms with Crippen LogP contribution in [0, 0.1) is 10.1 Å². The molecule has 5 nitrogen and oxygen atoms in total. The standard InChI is InChI=1S/C15H15ClN2O3/c16-14-8-13(18(20)21)7-6-12(14)9-17-15(10-19)11-4-2-1-3-5-11/h1-8,15,17,19H,9-10H2. The number of hydrogen-bond acceptors (Lipinski definition) is 4. The predicted octanol–water partition coefficient (Wildman–Crippen LogP) is 3.07. The fourth-order valence-electron chi connectivity index (χ4n) is 2.00. The monoisotopic (exact) mass is 306 g/mol. The van der Waals surface area contributed by atoms with Gasteiger partial charge in [-0.3, -0.25) is 10.1 Å². The quantitative estimate of drug-likeness (QED) is 0.635. The fraction of sp³-hybridized carbons (Fsp3) is 0.200. The van der Waals surface area contributed by atoms with E-state index in [1.165, 1.54) is 12.1 Å². The average Bonchev–Trinajstić information content (AvgIpc) is 2.50. The molecule has 1 atom stereocenters. The summed E-state index contributed by atoms with van der Waals surface area (Å²) in [5.41, 5.74) is 1.68. The van der Waals surface area contributed by atoms with Crippen molar-refractivity contribution in [2.45, 2.75) is 12.6 Å². The number of aliphatic hydroxyl groups excluding tert-OH is 1. The highest BCUT2D eigenvalue weighted by atomic mass is 35.5. The van der Waals surface area contributed by atoms with Gasteiger partial charge >= 0.3 is 0 Å². The lowest BCUT2D eigenvalue weighted by Gasteiger charge is -2.17. The van der Waals surface area contributed by atoms with Gasteiger partial charge in [-0.1, -0.05) is 41.9 Å². The molecule has 0 aliphatic rings. The summed E-state index contributed by atoms with van der Waals surface area (Å²) < 4.78 is 0. The van der Waals surface area contributed by atoms with E-state index in [1.807, 2.05) is 30.3 Å². The van der Waals surface area contributed by atoms with E-state index in [-0.39, 0.29) is 18.3 Å². The van der Waals surface area contributed by atoms with Crippen LogP contribution in [0.4, 0.5) is 5.69 Å². The third-order valence-corrected chi connectivity index (χ3v) is 3.52. The summed E-state index contributed by atoms with van der Waals surface area (Å²) in [5, 5.41) is 23.6. The van der Waals surface area contributed by atoms with Crippen LogP contribution in [0.5, 0.6) is 0 Å². The van der Waals surface area contributed by atoms with Crippen LogP contribution in [0.1, 0.15) is 17.2 Å². The molecule has 2 rings (SSSR count). The molecule has 0 bridgehead atoms. The van der Waals surface area contributed by atoms with Crippen molar-refractivity contribution >= 4 is 17.3 Å². The minimum Gasteiger partial charge on any atom is -0.394 e. The van der Waals surface area contributed by atoms with Gasteiger partial charge in [-0.05, 0) is 17.2 Å². The van der Waals surface area contributed by atoms with E-state index in [9.17, 15) is 15.2 Å². The van der Waals surface area contributed by atoms with Gasteiger partial charge in [-0.25, -0.2) is 0 Å². The molecule has 0 saturated carbocycles. The van der Waals surface area contributed by atoms with Crippen molar-refractivity contribution in [1.82, 2.24) is 5.32 Å². The van der Waals surface area contributed by atoms with Gasteiger partial charge in [-0.2, -0.15) is 0 Å². The molecule has 0 saturated heterocycles. The molecule has 2 aromatic carbocycles. The molecule has 0 aromatic heterocycles. The Labute approximate surface area is 127 Å². The first-order chi connectivity index (χ1) is 10.1. The maximum absolute atomic E-state index is 10.7. The molecule has 2 aromatic rings. The molecule has 0 aliphatic heterocycles. The second kappa shape index (κ2) is 7.17. The third kappa shape index (κ3) is 4.01. The summed E-state index contributed by atoms with van der Waals surface area (Å²) in [6.45, 7) is 0.367. The summed E-state index contributed by atoms with van der Waals surface area (Å²) >= 11 is 6.04. The van der Waals surface area contributed by atoms with Crippen molar-refractivity contribution in [3.63, 3.8) is 0 Å². The summed E-state index contributed by atoms with van der Waals surface area (Å²) in [7, 11) is 0. The van der Waals surface area contributed by atoms with Gasteiger partial charge in [0, 0.05) is 18.7 Å². The van der Waals surface area contributed by atoms with Gasteiger partial charge in [0.2, 0.25) is 0 Å². The first-order valence-corrected chi connectivity index (χ1v) is 6.81. The molecule has 1 unspecified atom stereocenters. The third-order valence-electron chi connectivity index (χ3n) is 3.17. The molecule has 0 fully saturated rings. The van der Waals surface area contributed by atoms with Crippen LogP contribution in [0.3, 0.4) is 0 Å². The summed E-state index contributed by atoms with van der Waals surface area (Å²) in [6, 6.07) is 13.7. The van der Waals surface area contributed by atoms with Gasteiger partial charge in [-0.15, -0.1) is 0 Å². The van der Waals surface area contributed by atoms with E-state index in [0.717, 1.165) is 11.1 Å². The van der Waals surface area contributed by atoms with E-state index < -0.39 is 4.92 Å². The number of rotatable bonds is 6. The van der Waals surface area contributed by atoms with Gasteiger partial charge in [0.25, 0.3) is 5.69 Å². The normalized spacial score (nSPS) is 12.1. The Hall–Kier alpha value is -1.95. The summed E-state index contributed by atoms with van der Waals surface area (Å²) in [5.74, 6) is 0. The van der Waals surface area contributed by atoms with Crippen LogP contribution in [-0.2, 0) is 6.54 Å². The molecule has 0 aliphatic carbocycles. The second-order valence-electron chi connectivity index (χ2n) is 4.56. The van der Waals surface area contributed by atoms with Gasteiger partial charge in [0.15, 0.2) is 0 Å². The molecule has 2 N–H and O–H groups in total. The first kappa shape index (κ1) is 15.4. The maximum atomic E-state index is 10.7. The Morgan fingerprint density at radius 2 is 1.95 bits per heavy atom. The fourth-order valence-corrected chi connectivity index (χ4v) is 2.24. The summed E-state index contributed by atoms with van der Waals surface area (Å²) in [4.78, 5) is 10.2. The number of halogens is 1. The minimum absolute atomic E-state index is 0.0366. The Balaban J connectivity index is 2.07. The SMILES string of the molecule is O=[N+]([O-])c1ccc(CNC(CO)c2ccccc2)c(Cl)c1. The van der Waals surface area contributed by atoms with Crippen molar-refractivity contribution < 1.29 is 10.0 Å². The number of benzene rings is 2. The van der Waals surface area contributed by atoms with Gasteiger partial charge < -0.3 is 10.4 Å². The molecule has 21 heavy (non-hydrogen) atoms. The molecule has 0 heterocycles. The number of nitro groups is 1. The lowest BCUT2D eigenvalue weighted by molar-refractivity contribution is -0.384. The number of aliphatic hydroxyl groups is 1. The number of nitrogens with one attached hydrogen (secondary N) is 1. The van der Waals surface area contributed by atoms with Crippen LogP contribution in [-0.4, -0.2) is 16.6 Å². The number of hydrogen-bond donors (Lipinski definition) is 2. The number of nitro benzene ring substituents is 1. The smallest absolute Gasteiger partial charge is 0.270 e. The van der Waals surface area contributed by atoms with E-state index in [4.69, 9.17) is 11.6 Å². The van der Waals surface area contributed by atoms with Crippen molar-refractivity contribution in [2.24, 2.45) is 0 Å². The molecule has 0 radical (unpaired) electrons. The van der Waals surface area contributed by atoms with Gasteiger partial charge in [0.1, 0.15) is 0 Å². The number of nitrogens with zero attached hydrogens (tertiary/aromatic N) is 1. The average molecular weight is 307 g/mol. The zero-order chi connectivity index (χ0) is 15.2. The lowest BCUT2D eigenvalue weighted by atomic mass is 10.1. The minimum atomic E-state index is -0.483. The van der Waals surface area contributed by atoms with Crippen LogP contribution < -0.4 is 5.32 Å². The van der Waals surface area contributed by atoms with Crippen molar-refractivity contribution in [3.05, 3.63) is 74.8 Å². The molecule has 6 heteroatoms. The largest absolute Gasteiger partial charge is 0.394 e. The Kier molecular flexibility index (Phi) is 5.27. The molecular weight excluding hydrogens is 292 g/mol. The zero-order valence-corrected chi connectivity index (χ0v) is 12.0. The summed E-state index contributed by atoms with van der Waals surface area (Å²) in [6.07, 6.45) is 0. The van der Waals surface area contributed by atoms with Gasteiger partial charge in [0.05, 0.1) is 22.6 Å². The number of non-ortho nitro benzene ring substituents is 1. The van der Waals surface area contributed by atoms with Crippen molar-refractivity contribution in [2.75, 3.05) is 6.61 Å². The van der Waals surface area contributed by atoms with Crippen LogP contribution >= 0.6 is 11.6 Å². The van der Waals surface area contributed by atoms with E-state index >= 15 is 0 Å². The van der Waals surface area contributed by atoms with E-state index in [2.05, 4.69) is 5.32 Å². The van der Waals surface area contributed by atoms with Crippen molar-refractivity contribution in [3.8, 4) is 0 Å². The van der Waals surface area contributed by atoms with E-state index in [0.29, 0.717) is 11.6 Å². The highest BCUT2D eigenvalue weighted by molar-refractivity contribution is 6.31. The first-order valence-electron chi connectivity index (χ1n) is 6.44. The highest BCUT2D eigenvalue weighted by Crippen LogP contribution is 2.23. The molecule has 0 spiro atoms. The topological polar surface area (TPSA) is 75.4 Å². The highest BCUT2D eigenvalue weighted by Gasteiger charge is 2.12. The van der Waals surface area contributed by atoms with Crippen LogP contribution in [0.15, 0.2) is 48.5 Å². The Morgan fingerprint density at radius 1 is 1.24 bits per heavy atom. The molecular formula is C15H15ClN2O3. The molecule has 0 amide bonds. The lowest BCUT2D eigenvalue weighted by Crippen LogP contribution is -2.24. The second-order valence-corrected chi connectivity index (χ2v) is 4.97. The Bertz CT molecular complexity index is 620. The maximum Gasteiger partial charge on any atom is 0.270 e. The van der Waals surface area contributed by atoms with E-state index in [1.54, 1.807) is 6.07 Å². The molecule has 110 valence electrons. The van der Waals surface area contributed by atoms with Crippen LogP contribution in [0.25, 0.3) is 0 Å². The predicted molar refractivity (Wildman–Crippen MR) is 81.2 cm³/mol.